The Morgan fingerprint density at radius 1 is 1.21 bits per heavy atom. The predicted molar refractivity (Wildman–Crippen MR) is 114 cm³/mol. The Kier molecular flexibility index (Phi) is 5.64. The largest absolute Gasteiger partial charge is 0.497 e. The van der Waals surface area contributed by atoms with Crippen LogP contribution in [-0.4, -0.2) is 33.1 Å². The van der Waals surface area contributed by atoms with Gasteiger partial charge in [-0.25, -0.2) is 4.68 Å². The Morgan fingerprint density at radius 2 is 1.93 bits per heavy atom. The molecule has 2 heterocycles. The third kappa shape index (κ3) is 4.04. The molecule has 150 valence electrons. The van der Waals surface area contributed by atoms with Gasteiger partial charge in [-0.05, 0) is 42.0 Å². The minimum atomic E-state index is -0.445. The molecule has 2 N–H and O–H groups in total. The van der Waals surface area contributed by atoms with Crippen molar-refractivity contribution in [2.45, 2.75) is 29.8 Å². The molecule has 2 atom stereocenters. The number of carbonyl (C=O) groups excluding carboxylic acids is 1. The maximum Gasteiger partial charge on any atom is 0.240 e. The number of ether oxygens (including phenoxy) is 1. The van der Waals surface area contributed by atoms with Gasteiger partial charge < -0.3 is 15.5 Å². The first-order valence-electron chi connectivity index (χ1n) is 9.17. The van der Waals surface area contributed by atoms with Crippen molar-refractivity contribution in [1.29, 1.82) is 0 Å². The van der Waals surface area contributed by atoms with E-state index in [2.05, 4.69) is 20.9 Å². The Labute approximate surface area is 177 Å². The number of aryl methyl sites for hydroxylation is 1. The molecule has 0 fully saturated rings. The molecule has 1 aromatic heterocycles. The number of amides is 1. The maximum atomic E-state index is 13.2. The second-order valence-corrected chi connectivity index (χ2v) is 8.05. The Balaban J connectivity index is 1.63. The van der Waals surface area contributed by atoms with E-state index in [4.69, 9.17) is 16.3 Å². The second kappa shape index (κ2) is 8.34. The molecular formula is C20H20ClN5O2S. The first-order valence-corrected chi connectivity index (χ1v) is 10.4. The maximum absolute atomic E-state index is 13.2. The number of nitrogens with zero attached hydrogens (tertiary/aromatic N) is 3. The summed E-state index contributed by atoms with van der Waals surface area (Å²) < 4.78 is 7.03. The Bertz CT molecular complexity index is 1010. The fraction of sp³-hybridized carbons (Fsp3) is 0.250. The predicted octanol–water partition coefficient (Wildman–Crippen LogP) is 3.90. The summed E-state index contributed by atoms with van der Waals surface area (Å²) in [6.07, 6.45) is 0.733. The summed E-state index contributed by atoms with van der Waals surface area (Å²) in [7, 11) is 1.61. The second-order valence-electron chi connectivity index (χ2n) is 6.50. The average Bonchev–Trinajstić information content (AvgIpc) is 3.16. The minimum absolute atomic E-state index is 0.125. The van der Waals surface area contributed by atoms with E-state index < -0.39 is 5.25 Å². The van der Waals surface area contributed by atoms with Crippen molar-refractivity contribution in [2.75, 3.05) is 17.9 Å². The molecule has 0 unspecified atom stereocenters. The highest BCUT2D eigenvalue weighted by atomic mass is 35.5. The number of methoxy groups -OCH3 is 1. The van der Waals surface area contributed by atoms with Gasteiger partial charge >= 0.3 is 0 Å². The zero-order valence-corrected chi connectivity index (χ0v) is 17.5. The summed E-state index contributed by atoms with van der Waals surface area (Å²) in [5, 5.41) is 12.3. The average molecular weight is 430 g/mol. The van der Waals surface area contributed by atoms with E-state index in [1.807, 2.05) is 60.1 Å². The molecule has 7 nitrogen and oxygen atoms in total. The van der Waals surface area contributed by atoms with Crippen molar-refractivity contribution in [1.82, 2.24) is 14.9 Å². The van der Waals surface area contributed by atoms with E-state index in [1.54, 1.807) is 7.11 Å². The van der Waals surface area contributed by atoms with Crippen molar-refractivity contribution >= 4 is 35.0 Å². The van der Waals surface area contributed by atoms with Crippen LogP contribution in [0.4, 0.5) is 5.69 Å². The number of carbonyl (C=O) groups is 1. The molecule has 2 aromatic carbocycles. The van der Waals surface area contributed by atoms with Crippen LogP contribution in [0.1, 0.15) is 24.4 Å². The first kappa shape index (κ1) is 19.6. The van der Waals surface area contributed by atoms with Crippen molar-refractivity contribution in [2.24, 2.45) is 0 Å². The quantitative estimate of drug-likeness (QED) is 0.640. The van der Waals surface area contributed by atoms with Crippen molar-refractivity contribution in [3.05, 3.63) is 64.9 Å². The van der Waals surface area contributed by atoms with Gasteiger partial charge in [0.15, 0.2) is 5.82 Å². The molecule has 0 bridgehead atoms. The third-order valence-electron chi connectivity index (χ3n) is 4.67. The highest BCUT2D eigenvalue weighted by Crippen LogP contribution is 2.38. The molecule has 29 heavy (non-hydrogen) atoms. The van der Waals surface area contributed by atoms with Gasteiger partial charge in [-0.1, -0.05) is 42.4 Å². The minimum Gasteiger partial charge on any atom is -0.497 e. The lowest BCUT2D eigenvalue weighted by Gasteiger charge is -2.33. The highest BCUT2D eigenvalue weighted by Gasteiger charge is 2.37. The number of benzene rings is 2. The number of rotatable bonds is 5. The zero-order valence-electron chi connectivity index (χ0n) is 15.9. The third-order valence-corrected chi connectivity index (χ3v) is 6.13. The lowest BCUT2D eigenvalue weighted by molar-refractivity contribution is -0.116. The number of halogens is 1. The molecule has 1 aliphatic rings. The normalized spacial score (nSPS) is 17.9. The molecule has 4 rings (SSSR count). The van der Waals surface area contributed by atoms with E-state index in [0.29, 0.717) is 15.9 Å². The molecule has 1 amide bonds. The molecule has 1 aliphatic heterocycles. The topological polar surface area (TPSA) is 81.1 Å². The van der Waals surface area contributed by atoms with E-state index in [-0.39, 0.29) is 11.9 Å². The van der Waals surface area contributed by atoms with Gasteiger partial charge in [0.1, 0.15) is 11.0 Å². The van der Waals surface area contributed by atoms with Gasteiger partial charge in [0.05, 0.1) is 13.2 Å². The Hall–Kier alpha value is -2.71. The first-order chi connectivity index (χ1) is 14.1. The van der Waals surface area contributed by atoms with Gasteiger partial charge in [-0.2, -0.15) is 0 Å². The van der Waals surface area contributed by atoms with Gasteiger partial charge in [-0.15, -0.1) is 10.2 Å². The number of hydrogen-bond donors (Lipinski definition) is 2. The van der Waals surface area contributed by atoms with Crippen LogP contribution >= 0.6 is 23.4 Å². The smallest absolute Gasteiger partial charge is 0.240 e. The van der Waals surface area contributed by atoms with Crippen LogP contribution in [0.5, 0.6) is 5.75 Å². The summed E-state index contributed by atoms with van der Waals surface area (Å²) in [5.74, 6) is 1.43. The summed E-state index contributed by atoms with van der Waals surface area (Å²) >= 11 is 7.44. The van der Waals surface area contributed by atoms with Crippen LogP contribution in [-0.2, 0) is 11.2 Å². The summed E-state index contributed by atoms with van der Waals surface area (Å²) in [5.41, 5.74) is 5.07. The van der Waals surface area contributed by atoms with Gasteiger partial charge in [0.2, 0.25) is 11.1 Å². The van der Waals surface area contributed by atoms with Gasteiger partial charge in [-0.3, -0.25) is 4.79 Å². The molecule has 0 saturated carbocycles. The van der Waals surface area contributed by atoms with Crippen LogP contribution in [0.25, 0.3) is 0 Å². The van der Waals surface area contributed by atoms with Crippen molar-refractivity contribution in [3.8, 4) is 5.75 Å². The fourth-order valence-electron chi connectivity index (χ4n) is 3.14. The molecule has 0 radical (unpaired) electrons. The number of aromatic nitrogens is 3. The molecule has 0 saturated heterocycles. The lowest BCUT2D eigenvalue weighted by Crippen LogP contribution is -2.41. The van der Waals surface area contributed by atoms with Crippen molar-refractivity contribution in [3.63, 3.8) is 0 Å². The van der Waals surface area contributed by atoms with Crippen molar-refractivity contribution < 1.29 is 9.53 Å². The highest BCUT2D eigenvalue weighted by molar-refractivity contribution is 8.00. The van der Waals surface area contributed by atoms with Gasteiger partial charge in [0, 0.05) is 17.1 Å². The van der Waals surface area contributed by atoms with E-state index in [0.717, 1.165) is 23.6 Å². The number of hydrogen-bond acceptors (Lipinski definition) is 6. The van der Waals surface area contributed by atoms with E-state index in [1.165, 1.54) is 11.8 Å². The van der Waals surface area contributed by atoms with Crippen LogP contribution < -0.4 is 15.5 Å². The number of anilines is 1. The van der Waals surface area contributed by atoms with Gasteiger partial charge in [0.25, 0.3) is 0 Å². The van der Waals surface area contributed by atoms with Crippen LogP contribution in [0.3, 0.4) is 0 Å². The Morgan fingerprint density at radius 3 is 2.59 bits per heavy atom. The molecule has 0 aliphatic carbocycles. The zero-order chi connectivity index (χ0) is 20.4. The number of fused-ring (bicyclic) bond motifs is 1. The van der Waals surface area contributed by atoms with Crippen LogP contribution in [0.15, 0.2) is 53.7 Å². The SMILES string of the molecule is CCc1nnc2n1N[C@@H](c1ccc(Cl)cc1)[C@@H](C(=O)Nc1ccc(OC)cc1)S2. The number of thioether (sulfide) groups is 1. The van der Waals surface area contributed by atoms with E-state index >= 15 is 0 Å². The van der Waals surface area contributed by atoms with E-state index in [9.17, 15) is 4.79 Å². The standard InChI is InChI=1S/C20H20ClN5O2S/c1-3-16-23-24-20-26(16)25-17(12-4-6-13(21)7-5-12)18(29-20)19(27)22-14-8-10-15(28-2)11-9-14/h4-11,17-18,25H,3H2,1-2H3,(H,22,27)/t17-,18-/m0/s1. The van der Waals surface area contributed by atoms with Crippen LogP contribution in [0.2, 0.25) is 5.02 Å². The lowest BCUT2D eigenvalue weighted by atomic mass is 10.0. The van der Waals surface area contributed by atoms with Crippen LogP contribution in [0, 0.1) is 0 Å². The number of nitrogens with one attached hydrogen (secondary N) is 2. The summed E-state index contributed by atoms with van der Waals surface area (Å²) in [6, 6.07) is 14.5. The summed E-state index contributed by atoms with van der Waals surface area (Å²) in [6.45, 7) is 2.02. The summed E-state index contributed by atoms with van der Waals surface area (Å²) in [4.78, 5) is 13.2. The monoisotopic (exact) mass is 429 g/mol. The molecular weight excluding hydrogens is 410 g/mol. The fourth-order valence-corrected chi connectivity index (χ4v) is 4.36. The molecule has 3 aromatic rings. The molecule has 9 heteroatoms. The molecule has 0 spiro atoms.